The second-order valence-electron chi connectivity index (χ2n) is 3.91. The van der Waals surface area contributed by atoms with Crippen molar-refractivity contribution < 1.29 is 0 Å². The summed E-state index contributed by atoms with van der Waals surface area (Å²) in [6.07, 6.45) is 5.37. The summed E-state index contributed by atoms with van der Waals surface area (Å²) in [5, 5.41) is 0. The first kappa shape index (κ1) is 7.85. The van der Waals surface area contributed by atoms with Gasteiger partial charge >= 0.3 is 0 Å². The first-order valence-electron chi connectivity index (χ1n) is 4.86. The van der Waals surface area contributed by atoms with Crippen LogP contribution in [0.15, 0.2) is 12.1 Å². The highest BCUT2D eigenvalue weighted by atomic mass is 14.1. The van der Waals surface area contributed by atoms with E-state index < -0.39 is 0 Å². The van der Waals surface area contributed by atoms with E-state index in [9.17, 15) is 0 Å². The van der Waals surface area contributed by atoms with Crippen LogP contribution in [-0.2, 0) is 12.8 Å². The highest BCUT2D eigenvalue weighted by Crippen LogP contribution is 2.23. The molecule has 0 fully saturated rings. The summed E-state index contributed by atoms with van der Waals surface area (Å²) in [5.74, 6) is 0. The highest BCUT2D eigenvalue weighted by Gasteiger charge is 2.09. The van der Waals surface area contributed by atoms with Crippen LogP contribution in [0.5, 0.6) is 0 Å². The van der Waals surface area contributed by atoms with Crippen molar-refractivity contribution >= 4 is 0 Å². The molecule has 0 nitrogen and oxygen atoms in total. The fourth-order valence-corrected chi connectivity index (χ4v) is 2.03. The SMILES string of the molecule is Cc1cc2c(cc1C)CCCC2. The van der Waals surface area contributed by atoms with Crippen molar-refractivity contribution in [1.82, 2.24) is 0 Å². The van der Waals surface area contributed by atoms with Crippen LogP contribution in [0.1, 0.15) is 35.1 Å². The van der Waals surface area contributed by atoms with Crippen molar-refractivity contribution in [2.45, 2.75) is 39.5 Å². The van der Waals surface area contributed by atoms with Gasteiger partial charge in [0.15, 0.2) is 0 Å². The molecule has 0 atom stereocenters. The summed E-state index contributed by atoms with van der Waals surface area (Å²) in [5.41, 5.74) is 6.11. The van der Waals surface area contributed by atoms with Gasteiger partial charge < -0.3 is 0 Å². The quantitative estimate of drug-likeness (QED) is 0.547. The smallest absolute Gasteiger partial charge is 0.0276 e. The van der Waals surface area contributed by atoms with Crippen LogP contribution in [0.25, 0.3) is 0 Å². The normalized spacial score (nSPS) is 15.8. The molecule has 0 heterocycles. The second kappa shape index (κ2) is 2.93. The van der Waals surface area contributed by atoms with Gasteiger partial charge in [-0.15, -0.1) is 0 Å². The first-order chi connectivity index (χ1) is 5.77. The van der Waals surface area contributed by atoms with Gasteiger partial charge in [-0.1, -0.05) is 12.1 Å². The van der Waals surface area contributed by atoms with Gasteiger partial charge in [-0.3, -0.25) is 0 Å². The molecular formula is C12H16. The summed E-state index contributed by atoms with van der Waals surface area (Å²) in [4.78, 5) is 0. The minimum Gasteiger partial charge on any atom is -0.0556 e. The van der Waals surface area contributed by atoms with E-state index in [1.165, 1.54) is 36.8 Å². The van der Waals surface area contributed by atoms with Crippen LogP contribution in [0.4, 0.5) is 0 Å². The fourth-order valence-electron chi connectivity index (χ4n) is 2.03. The van der Waals surface area contributed by atoms with Crippen LogP contribution in [0, 0.1) is 13.8 Å². The monoisotopic (exact) mass is 160 g/mol. The second-order valence-corrected chi connectivity index (χ2v) is 3.91. The van der Waals surface area contributed by atoms with E-state index in [-0.39, 0.29) is 0 Å². The molecule has 1 aromatic carbocycles. The van der Waals surface area contributed by atoms with Gasteiger partial charge in [-0.2, -0.15) is 0 Å². The molecule has 0 spiro atoms. The lowest BCUT2D eigenvalue weighted by Crippen LogP contribution is -2.03. The fraction of sp³-hybridized carbons (Fsp3) is 0.500. The molecule has 0 amide bonds. The summed E-state index contributed by atoms with van der Waals surface area (Å²) in [6.45, 7) is 4.43. The Labute approximate surface area is 74.6 Å². The van der Waals surface area contributed by atoms with E-state index in [4.69, 9.17) is 0 Å². The van der Waals surface area contributed by atoms with Gasteiger partial charge in [0.25, 0.3) is 0 Å². The van der Waals surface area contributed by atoms with Crippen molar-refractivity contribution in [2.75, 3.05) is 0 Å². The number of benzene rings is 1. The third-order valence-corrected chi connectivity index (χ3v) is 2.96. The topological polar surface area (TPSA) is 0 Å². The summed E-state index contributed by atoms with van der Waals surface area (Å²) in [6, 6.07) is 4.76. The zero-order valence-corrected chi connectivity index (χ0v) is 7.98. The lowest BCUT2D eigenvalue weighted by atomic mass is 9.89. The number of rotatable bonds is 0. The third kappa shape index (κ3) is 1.26. The average Bonchev–Trinajstić information content (AvgIpc) is 2.07. The predicted octanol–water partition coefficient (Wildman–Crippen LogP) is 3.18. The number of aryl methyl sites for hydroxylation is 4. The Morgan fingerprint density at radius 3 is 1.67 bits per heavy atom. The molecule has 2 rings (SSSR count). The molecule has 12 heavy (non-hydrogen) atoms. The van der Waals surface area contributed by atoms with E-state index in [1.54, 1.807) is 11.1 Å². The van der Waals surface area contributed by atoms with E-state index in [2.05, 4.69) is 26.0 Å². The number of fused-ring (bicyclic) bond motifs is 1. The average molecular weight is 160 g/mol. The molecule has 64 valence electrons. The van der Waals surface area contributed by atoms with Gasteiger partial charge in [-0.25, -0.2) is 0 Å². The molecule has 0 saturated heterocycles. The Hall–Kier alpha value is -0.780. The summed E-state index contributed by atoms with van der Waals surface area (Å²) in [7, 11) is 0. The molecule has 0 heteroatoms. The third-order valence-electron chi connectivity index (χ3n) is 2.96. The highest BCUT2D eigenvalue weighted by molar-refractivity contribution is 5.38. The van der Waals surface area contributed by atoms with Crippen molar-refractivity contribution in [3.05, 3.63) is 34.4 Å². The number of hydrogen-bond acceptors (Lipinski definition) is 0. The Morgan fingerprint density at radius 1 is 0.833 bits per heavy atom. The Kier molecular flexibility index (Phi) is 1.92. The van der Waals surface area contributed by atoms with Gasteiger partial charge in [0.2, 0.25) is 0 Å². The van der Waals surface area contributed by atoms with Crippen LogP contribution in [0.2, 0.25) is 0 Å². The van der Waals surface area contributed by atoms with E-state index in [0.29, 0.717) is 0 Å². The predicted molar refractivity (Wildman–Crippen MR) is 52.6 cm³/mol. The Balaban J connectivity index is 2.49. The summed E-state index contributed by atoms with van der Waals surface area (Å²) >= 11 is 0. The molecule has 0 unspecified atom stereocenters. The van der Waals surface area contributed by atoms with Gasteiger partial charge in [0, 0.05) is 0 Å². The number of hydrogen-bond donors (Lipinski definition) is 0. The minimum atomic E-state index is 1.30. The van der Waals surface area contributed by atoms with Gasteiger partial charge in [0.1, 0.15) is 0 Å². The molecule has 0 saturated carbocycles. The lowest BCUT2D eigenvalue weighted by molar-refractivity contribution is 0.684. The first-order valence-corrected chi connectivity index (χ1v) is 4.86. The molecule has 0 radical (unpaired) electrons. The standard InChI is InChI=1S/C12H16/c1-9-7-11-5-3-4-6-12(11)8-10(9)2/h7-8H,3-6H2,1-2H3. The van der Waals surface area contributed by atoms with Crippen LogP contribution < -0.4 is 0 Å². The Morgan fingerprint density at radius 2 is 1.25 bits per heavy atom. The maximum atomic E-state index is 2.38. The van der Waals surface area contributed by atoms with Crippen molar-refractivity contribution in [3.63, 3.8) is 0 Å². The maximum Gasteiger partial charge on any atom is -0.0276 e. The molecule has 0 aromatic heterocycles. The molecule has 0 bridgehead atoms. The molecular weight excluding hydrogens is 144 g/mol. The Bertz CT molecular complexity index is 266. The van der Waals surface area contributed by atoms with Crippen molar-refractivity contribution in [2.24, 2.45) is 0 Å². The zero-order valence-electron chi connectivity index (χ0n) is 7.98. The molecule has 0 aliphatic heterocycles. The van der Waals surface area contributed by atoms with E-state index >= 15 is 0 Å². The van der Waals surface area contributed by atoms with Crippen LogP contribution in [0.3, 0.4) is 0 Å². The lowest BCUT2D eigenvalue weighted by Gasteiger charge is -2.17. The van der Waals surface area contributed by atoms with Crippen molar-refractivity contribution in [3.8, 4) is 0 Å². The minimum absolute atomic E-state index is 1.30. The summed E-state index contributed by atoms with van der Waals surface area (Å²) < 4.78 is 0. The molecule has 1 aromatic rings. The van der Waals surface area contributed by atoms with Crippen LogP contribution >= 0.6 is 0 Å². The van der Waals surface area contributed by atoms with Gasteiger partial charge in [-0.05, 0) is 61.8 Å². The van der Waals surface area contributed by atoms with Gasteiger partial charge in [0.05, 0.1) is 0 Å². The van der Waals surface area contributed by atoms with Crippen LogP contribution in [-0.4, -0.2) is 0 Å². The largest absolute Gasteiger partial charge is 0.0556 e. The van der Waals surface area contributed by atoms with Crippen molar-refractivity contribution in [1.29, 1.82) is 0 Å². The maximum absolute atomic E-state index is 2.38. The van der Waals surface area contributed by atoms with E-state index in [0.717, 1.165) is 0 Å². The molecule has 0 N–H and O–H groups in total. The molecule has 1 aliphatic carbocycles. The van der Waals surface area contributed by atoms with E-state index in [1.807, 2.05) is 0 Å². The zero-order chi connectivity index (χ0) is 8.55. The molecule has 1 aliphatic rings.